The van der Waals surface area contributed by atoms with Crippen LogP contribution in [0.5, 0.6) is 0 Å². The number of nitrogens with zero attached hydrogens (tertiary/aromatic N) is 2. The van der Waals surface area contributed by atoms with Crippen LogP contribution in [0.25, 0.3) is 0 Å². The highest BCUT2D eigenvalue weighted by molar-refractivity contribution is 7.14. The topological polar surface area (TPSA) is 63.9 Å². The lowest BCUT2D eigenvalue weighted by Crippen LogP contribution is -3.11. The summed E-state index contributed by atoms with van der Waals surface area (Å²) in [5.74, 6) is -2.13. The minimum Gasteiger partial charge on any atom is -0.469 e. The number of likely N-dealkylation sites (tertiary alicyclic amines) is 1. The fourth-order valence-electron chi connectivity index (χ4n) is 3.41. The van der Waals surface area contributed by atoms with Crippen LogP contribution in [0.2, 0.25) is 0 Å². The van der Waals surface area contributed by atoms with Crippen LogP contribution in [0.1, 0.15) is 25.5 Å². The number of hydrogen-bond donors (Lipinski definition) is 1. The van der Waals surface area contributed by atoms with Crippen molar-refractivity contribution in [2.45, 2.75) is 26.3 Å². The van der Waals surface area contributed by atoms with Crippen LogP contribution in [0.15, 0.2) is 23.6 Å². The van der Waals surface area contributed by atoms with Crippen molar-refractivity contribution in [2.75, 3.05) is 25.1 Å². The van der Waals surface area contributed by atoms with Gasteiger partial charge < -0.3 is 9.64 Å². The van der Waals surface area contributed by atoms with Gasteiger partial charge in [-0.3, -0.25) is 14.5 Å². The molecule has 0 spiro atoms. The Kier molecular flexibility index (Phi) is 6.35. The van der Waals surface area contributed by atoms with E-state index in [-0.39, 0.29) is 17.6 Å². The van der Waals surface area contributed by atoms with E-state index in [1.807, 2.05) is 5.38 Å². The first-order valence-electron chi connectivity index (χ1n) is 9.00. The van der Waals surface area contributed by atoms with Crippen LogP contribution >= 0.6 is 11.3 Å². The summed E-state index contributed by atoms with van der Waals surface area (Å²) in [6.45, 7) is 3.63. The molecule has 1 aromatic carbocycles. The van der Waals surface area contributed by atoms with Crippen molar-refractivity contribution < 1.29 is 28.0 Å². The molecule has 0 aliphatic carbocycles. The molecule has 0 bridgehead atoms. The molecule has 1 amide bonds. The number of aromatic nitrogens is 1. The number of nitrogens with one attached hydrogen (secondary N) is 1. The second-order valence-electron chi connectivity index (χ2n) is 6.80. The van der Waals surface area contributed by atoms with E-state index in [4.69, 9.17) is 4.74 Å². The molecule has 1 saturated heterocycles. The number of benzene rings is 1. The number of esters is 1. The summed E-state index contributed by atoms with van der Waals surface area (Å²) in [7, 11) is 1.41. The van der Waals surface area contributed by atoms with Crippen molar-refractivity contribution >= 4 is 34.0 Å². The molecular formula is C19H22F2N3O3S+. The Morgan fingerprint density at radius 3 is 2.64 bits per heavy atom. The zero-order valence-corrected chi connectivity index (χ0v) is 16.5. The molecule has 2 aromatic rings. The number of methoxy groups -OCH3 is 1. The van der Waals surface area contributed by atoms with Gasteiger partial charge in [-0.15, -0.1) is 11.3 Å². The molecule has 1 fully saturated rings. The number of quaternary nitrogens is 1. The van der Waals surface area contributed by atoms with Crippen molar-refractivity contribution in [3.05, 3.63) is 40.9 Å². The molecule has 2 heterocycles. The van der Waals surface area contributed by atoms with Gasteiger partial charge in [0, 0.05) is 31.2 Å². The fourth-order valence-corrected chi connectivity index (χ4v) is 4.29. The van der Waals surface area contributed by atoms with Gasteiger partial charge in [-0.05, 0) is 12.1 Å². The molecule has 1 aromatic heterocycles. The molecule has 9 heteroatoms. The molecule has 3 rings (SSSR count). The maximum absolute atomic E-state index is 14.2. The smallest absolute Gasteiger partial charge is 0.309 e. The summed E-state index contributed by atoms with van der Waals surface area (Å²) >= 11 is 1.24. The normalized spacial score (nSPS) is 19.3. The number of halogens is 2. The van der Waals surface area contributed by atoms with Crippen LogP contribution < -0.4 is 9.80 Å². The average Bonchev–Trinajstić information content (AvgIpc) is 3.11. The highest BCUT2D eigenvalue weighted by atomic mass is 32.1. The van der Waals surface area contributed by atoms with Crippen molar-refractivity contribution in [1.82, 2.24) is 4.98 Å². The lowest BCUT2D eigenvalue weighted by molar-refractivity contribution is -0.919. The predicted molar refractivity (Wildman–Crippen MR) is 100 cm³/mol. The van der Waals surface area contributed by atoms with Gasteiger partial charge >= 0.3 is 5.97 Å². The van der Waals surface area contributed by atoms with Gasteiger partial charge in [0.15, 0.2) is 5.13 Å². The Morgan fingerprint density at radius 1 is 1.32 bits per heavy atom. The van der Waals surface area contributed by atoms with Crippen LogP contribution in [0.4, 0.5) is 19.6 Å². The third kappa shape index (κ3) is 4.53. The molecule has 6 nitrogen and oxygen atoms in total. The standard InChI is InChI=1S/C19H21F2N3O3S/c1-12(25)24(17-4-3-14(20)9-16(17)21)19-22-15(11-28-19)10-23-7-5-13(6-8-23)18(26)27-2/h3-4,9,11,13H,5-8,10H2,1-2H3/p+1. The highest BCUT2D eigenvalue weighted by Gasteiger charge is 2.29. The van der Waals surface area contributed by atoms with Gasteiger partial charge in [0.25, 0.3) is 0 Å². The number of anilines is 2. The second-order valence-corrected chi connectivity index (χ2v) is 7.63. The Labute approximate surface area is 165 Å². The van der Waals surface area contributed by atoms with Gasteiger partial charge in [0.05, 0.1) is 31.8 Å². The molecular weight excluding hydrogens is 388 g/mol. The third-order valence-electron chi connectivity index (χ3n) is 4.85. The molecule has 1 N–H and O–H groups in total. The Bertz CT molecular complexity index is 866. The molecule has 150 valence electrons. The van der Waals surface area contributed by atoms with Crippen LogP contribution in [-0.2, 0) is 20.9 Å². The summed E-state index contributed by atoms with van der Waals surface area (Å²) in [4.78, 5) is 30.6. The molecule has 1 aliphatic heterocycles. The van der Waals surface area contributed by atoms with Crippen molar-refractivity contribution in [3.8, 4) is 0 Å². The molecule has 0 unspecified atom stereocenters. The number of carbonyl (C=O) groups excluding carboxylic acids is 2. The van der Waals surface area contributed by atoms with E-state index in [9.17, 15) is 18.4 Å². The first-order valence-corrected chi connectivity index (χ1v) is 9.88. The van der Waals surface area contributed by atoms with Crippen molar-refractivity contribution in [3.63, 3.8) is 0 Å². The first-order chi connectivity index (χ1) is 13.4. The van der Waals surface area contributed by atoms with Crippen LogP contribution in [0.3, 0.4) is 0 Å². The maximum Gasteiger partial charge on any atom is 0.309 e. The van der Waals surface area contributed by atoms with E-state index in [2.05, 4.69) is 4.98 Å². The van der Waals surface area contributed by atoms with E-state index in [0.29, 0.717) is 11.7 Å². The minimum atomic E-state index is -0.817. The monoisotopic (exact) mass is 410 g/mol. The fraction of sp³-hybridized carbons (Fsp3) is 0.421. The van der Waals surface area contributed by atoms with Crippen LogP contribution in [0, 0.1) is 17.6 Å². The summed E-state index contributed by atoms with van der Waals surface area (Å²) in [6.07, 6.45) is 1.53. The quantitative estimate of drug-likeness (QED) is 0.767. The van der Waals surface area contributed by atoms with Gasteiger partial charge in [-0.1, -0.05) is 0 Å². The summed E-state index contributed by atoms with van der Waals surface area (Å²) in [5, 5.41) is 2.18. The summed E-state index contributed by atoms with van der Waals surface area (Å²) in [6, 6.07) is 3.09. The van der Waals surface area contributed by atoms with Gasteiger partial charge in [-0.2, -0.15) is 0 Å². The van der Waals surface area contributed by atoms with Crippen LogP contribution in [-0.4, -0.2) is 37.1 Å². The average molecular weight is 410 g/mol. The highest BCUT2D eigenvalue weighted by Crippen LogP contribution is 2.31. The lowest BCUT2D eigenvalue weighted by Gasteiger charge is -2.27. The number of piperidine rings is 1. The van der Waals surface area contributed by atoms with E-state index in [1.54, 1.807) is 0 Å². The minimum absolute atomic E-state index is 0.0268. The Morgan fingerprint density at radius 2 is 2.04 bits per heavy atom. The third-order valence-corrected chi connectivity index (χ3v) is 5.73. The largest absolute Gasteiger partial charge is 0.469 e. The number of ether oxygens (including phenoxy) is 1. The lowest BCUT2D eigenvalue weighted by atomic mass is 9.97. The van der Waals surface area contributed by atoms with Gasteiger partial charge in [0.1, 0.15) is 23.9 Å². The van der Waals surface area contributed by atoms with E-state index < -0.39 is 17.5 Å². The SMILES string of the molecule is COC(=O)C1CC[NH+](Cc2csc(N(C(C)=O)c3ccc(F)cc3F)n2)CC1. The molecule has 1 aliphatic rings. The van der Waals surface area contributed by atoms with E-state index >= 15 is 0 Å². The number of carbonyl (C=O) groups is 2. The molecule has 28 heavy (non-hydrogen) atoms. The second kappa shape index (κ2) is 8.74. The first kappa shape index (κ1) is 20.3. The zero-order chi connectivity index (χ0) is 20.3. The Hall–Kier alpha value is -2.39. The number of rotatable bonds is 5. The number of hydrogen-bond acceptors (Lipinski definition) is 5. The zero-order valence-electron chi connectivity index (χ0n) is 15.7. The van der Waals surface area contributed by atoms with Gasteiger partial charge in [0.2, 0.25) is 5.91 Å². The van der Waals surface area contributed by atoms with E-state index in [1.165, 1.54) is 36.3 Å². The molecule has 0 atom stereocenters. The van der Waals surface area contributed by atoms with Crippen molar-refractivity contribution in [2.24, 2.45) is 5.92 Å². The van der Waals surface area contributed by atoms with E-state index in [0.717, 1.165) is 48.7 Å². The van der Waals surface area contributed by atoms with Crippen molar-refractivity contribution in [1.29, 1.82) is 0 Å². The summed E-state index contributed by atoms with van der Waals surface area (Å²) < 4.78 is 32.2. The van der Waals surface area contributed by atoms with Gasteiger partial charge in [-0.25, -0.2) is 13.8 Å². The summed E-state index contributed by atoms with van der Waals surface area (Å²) in [5.41, 5.74) is 0.765. The molecule has 0 radical (unpaired) electrons. The number of thiazole rings is 1. The predicted octanol–water partition coefficient (Wildman–Crippen LogP) is 2.07. The maximum atomic E-state index is 14.2. The Balaban J connectivity index is 1.70. The molecule has 0 saturated carbocycles. The number of amides is 1.